The van der Waals surface area contributed by atoms with E-state index in [1.807, 2.05) is 18.2 Å². The number of hydrogen-bond donors (Lipinski definition) is 1. The van der Waals surface area contributed by atoms with Gasteiger partial charge in [-0.25, -0.2) is 4.98 Å². The van der Waals surface area contributed by atoms with Crippen molar-refractivity contribution in [1.29, 1.82) is 0 Å². The van der Waals surface area contributed by atoms with Crippen LogP contribution in [0.15, 0.2) is 48.7 Å². The van der Waals surface area contributed by atoms with Crippen LogP contribution in [0.2, 0.25) is 5.15 Å². The molecule has 2 aromatic rings. The minimum atomic E-state index is -0.132. The highest BCUT2D eigenvalue weighted by Gasteiger charge is 2.09. The molecule has 0 aliphatic rings. The van der Waals surface area contributed by atoms with Gasteiger partial charge in [-0.05, 0) is 23.6 Å². The molecule has 1 atom stereocenters. The molecule has 2 rings (SSSR count). The van der Waals surface area contributed by atoms with Crippen LogP contribution in [0, 0.1) is 0 Å². The summed E-state index contributed by atoms with van der Waals surface area (Å²) in [5, 5.41) is 3.28. The Morgan fingerprint density at radius 1 is 1.26 bits per heavy atom. The van der Waals surface area contributed by atoms with Crippen molar-refractivity contribution in [2.45, 2.75) is 12.8 Å². The Morgan fingerprint density at radius 3 is 2.63 bits per heavy atom. The highest BCUT2D eigenvalue weighted by Crippen LogP contribution is 2.13. The zero-order valence-electron chi connectivity index (χ0n) is 10.6. The fourth-order valence-corrected chi connectivity index (χ4v) is 1.87. The summed E-state index contributed by atoms with van der Waals surface area (Å²) >= 11 is 5.68. The van der Waals surface area contributed by atoms with Gasteiger partial charge in [-0.15, -0.1) is 0 Å². The maximum Gasteiger partial charge on any atom is 0.252 e. The molecule has 0 spiro atoms. The molecule has 0 saturated carbocycles. The quantitative estimate of drug-likeness (QED) is 0.870. The zero-order valence-corrected chi connectivity index (χ0v) is 11.4. The summed E-state index contributed by atoms with van der Waals surface area (Å²) in [4.78, 5) is 15.8. The molecule has 1 unspecified atom stereocenters. The lowest BCUT2D eigenvalue weighted by Crippen LogP contribution is -2.27. The summed E-state index contributed by atoms with van der Waals surface area (Å²) in [6.07, 6.45) is 1.48. The predicted molar refractivity (Wildman–Crippen MR) is 76.4 cm³/mol. The first kappa shape index (κ1) is 13.6. The van der Waals surface area contributed by atoms with E-state index in [0.29, 0.717) is 17.3 Å². The van der Waals surface area contributed by atoms with Crippen LogP contribution in [-0.2, 0) is 0 Å². The van der Waals surface area contributed by atoms with Crippen LogP contribution in [0.3, 0.4) is 0 Å². The van der Waals surface area contributed by atoms with Crippen molar-refractivity contribution in [3.05, 3.63) is 64.9 Å². The van der Waals surface area contributed by atoms with E-state index in [1.54, 1.807) is 12.1 Å². The summed E-state index contributed by atoms with van der Waals surface area (Å²) in [6, 6.07) is 13.4. The topological polar surface area (TPSA) is 42.0 Å². The molecule has 3 nitrogen and oxygen atoms in total. The Hall–Kier alpha value is -1.87. The minimum absolute atomic E-state index is 0.132. The molecule has 0 aliphatic heterocycles. The molecule has 0 saturated heterocycles. The summed E-state index contributed by atoms with van der Waals surface area (Å²) in [7, 11) is 0. The standard InChI is InChI=1S/C15H15ClN2O/c1-11(12-5-3-2-4-6-12)9-18-15(19)13-7-8-14(16)17-10-13/h2-8,10-11H,9H2,1H3,(H,18,19). The summed E-state index contributed by atoms with van der Waals surface area (Å²) < 4.78 is 0. The molecule has 1 N–H and O–H groups in total. The van der Waals surface area contributed by atoms with Gasteiger partial charge >= 0.3 is 0 Å². The van der Waals surface area contributed by atoms with Gasteiger partial charge in [0.15, 0.2) is 0 Å². The van der Waals surface area contributed by atoms with Gasteiger partial charge in [0.25, 0.3) is 5.91 Å². The molecule has 0 aliphatic carbocycles. The summed E-state index contributed by atoms with van der Waals surface area (Å²) in [5.74, 6) is 0.136. The molecule has 1 aromatic carbocycles. The van der Waals surface area contributed by atoms with Gasteiger partial charge in [0.05, 0.1) is 5.56 Å². The third kappa shape index (κ3) is 3.80. The van der Waals surface area contributed by atoms with Crippen LogP contribution < -0.4 is 5.32 Å². The minimum Gasteiger partial charge on any atom is -0.351 e. The van der Waals surface area contributed by atoms with Crippen molar-refractivity contribution in [3.63, 3.8) is 0 Å². The molecule has 19 heavy (non-hydrogen) atoms. The third-order valence-electron chi connectivity index (χ3n) is 2.93. The number of amides is 1. The van der Waals surface area contributed by atoms with E-state index in [2.05, 4.69) is 29.4 Å². The van der Waals surface area contributed by atoms with Crippen molar-refractivity contribution in [1.82, 2.24) is 10.3 Å². The van der Waals surface area contributed by atoms with Gasteiger partial charge in [-0.2, -0.15) is 0 Å². The number of halogens is 1. The second-order valence-electron chi connectivity index (χ2n) is 4.39. The van der Waals surface area contributed by atoms with E-state index in [1.165, 1.54) is 11.8 Å². The highest BCUT2D eigenvalue weighted by molar-refractivity contribution is 6.29. The van der Waals surface area contributed by atoms with Crippen LogP contribution in [0.4, 0.5) is 0 Å². The number of carbonyl (C=O) groups excluding carboxylic acids is 1. The van der Waals surface area contributed by atoms with Crippen LogP contribution in [-0.4, -0.2) is 17.4 Å². The highest BCUT2D eigenvalue weighted by atomic mass is 35.5. The van der Waals surface area contributed by atoms with E-state index in [9.17, 15) is 4.79 Å². The average molecular weight is 275 g/mol. The third-order valence-corrected chi connectivity index (χ3v) is 3.15. The first-order valence-electron chi connectivity index (χ1n) is 6.11. The lowest BCUT2D eigenvalue weighted by molar-refractivity contribution is 0.0951. The maximum atomic E-state index is 11.9. The molecule has 4 heteroatoms. The van der Waals surface area contributed by atoms with Crippen molar-refractivity contribution in [3.8, 4) is 0 Å². The normalized spacial score (nSPS) is 11.9. The molecule has 0 radical (unpaired) electrons. The van der Waals surface area contributed by atoms with Gasteiger partial charge in [0, 0.05) is 12.7 Å². The first-order chi connectivity index (χ1) is 9.16. The van der Waals surface area contributed by atoms with E-state index >= 15 is 0 Å². The largest absolute Gasteiger partial charge is 0.351 e. The van der Waals surface area contributed by atoms with Gasteiger partial charge in [-0.3, -0.25) is 4.79 Å². The number of hydrogen-bond acceptors (Lipinski definition) is 2. The maximum absolute atomic E-state index is 11.9. The Bertz CT molecular complexity index is 540. The lowest BCUT2D eigenvalue weighted by Gasteiger charge is -2.12. The van der Waals surface area contributed by atoms with Crippen molar-refractivity contribution in [2.24, 2.45) is 0 Å². The van der Waals surface area contributed by atoms with E-state index in [0.717, 1.165) is 0 Å². The number of nitrogens with zero attached hydrogens (tertiary/aromatic N) is 1. The Morgan fingerprint density at radius 2 is 2.00 bits per heavy atom. The fourth-order valence-electron chi connectivity index (χ4n) is 1.76. The predicted octanol–water partition coefficient (Wildman–Crippen LogP) is 3.27. The molecular weight excluding hydrogens is 260 g/mol. The molecule has 0 bridgehead atoms. The smallest absolute Gasteiger partial charge is 0.252 e. The fraction of sp³-hybridized carbons (Fsp3) is 0.200. The lowest BCUT2D eigenvalue weighted by atomic mass is 10.0. The number of benzene rings is 1. The Kier molecular flexibility index (Phi) is 4.53. The number of carbonyl (C=O) groups is 1. The Labute approximate surface area is 117 Å². The van der Waals surface area contributed by atoms with Crippen LogP contribution in [0.1, 0.15) is 28.8 Å². The molecular formula is C15H15ClN2O. The van der Waals surface area contributed by atoms with Crippen molar-refractivity contribution < 1.29 is 4.79 Å². The monoisotopic (exact) mass is 274 g/mol. The summed E-state index contributed by atoms with van der Waals surface area (Å²) in [6.45, 7) is 2.67. The molecule has 0 fully saturated rings. The van der Waals surface area contributed by atoms with Crippen molar-refractivity contribution in [2.75, 3.05) is 6.54 Å². The van der Waals surface area contributed by atoms with E-state index < -0.39 is 0 Å². The Balaban J connectivity index is 1.92. The van der Waals surface area contributed by atoms with E-state index in [4.69, 9.17) is 11.6 Å². The molecule has 1 aromatic heterocycles. The first-order valence-corrected chi connectivity index (χ1v) is 6.49. The second-order valence-corrected chi connectivity index (χ2v) is 4.78. The van der Waals surface area contributed by atoms with Gasteiger partial charge in [-0.1, -0.05) is 48.9 Å². The van der Waals surface area contributed by atoms with Crippen LogP contribution in [0.5, 0.6) is 0 Å². The van der Waals surface area contributed by atoms with Gasteiger partial charge in [0.1, 0.15) is 5.15 Å². The van der Waals surface area contributed by atoms with E-state index in [-0.39, 0.29) is 11.8 Å². The van der Waals surface area contributed by atoms with Crippen LogP contribution in [0.25, 0.3) is 0 Å². The molecule has 98 valence electrons. The molecule has 1 amide bonds. The number of rotatable bonds is 4. The number of nitrogens with one attached hydrogen (secondary N) is 1. The SMILES string of the molecule is CC(CNC(=O)c1ccc(Cl)nc1)c1ccccc1. The van der Waals surface area contributed by atoms with Gasteiger partial charge < -0.3 is 5.32 Å². The number of aromatic nitrogens is 1. The van der Waals surface area contributed by atoms with Crippen molar-refractivity contribution >= 4 is 17.5 Å². The van der Waals surface area contributed by atoms with Crippen LogP contribution >= 0.6 is 11.6 Å². The zero-order chi connectivity index (χ0) is 13.7. The molecule has 1 heterocycles. The summed E-state index contributed by atoms with van der Waals surface area (Å²) in [5.41, 5.74) is 1.72. The second kappa shape index (κ2) is 6.34. The number of pyridine rings is 1. The average Bonchev–Trinajstić information content (AvgIpc) is 2.46. The van der Waals surface area contributed by atoms with Gasteiger partial charge in [0.2, 0.25) is 0 Å².